The van der Waals surface area contributed by atoms with Crippen molar-refractivity contribution in [1.82, 2.24) is 15.1 Å². The Morgan fingerprint density at radius 3 is 2.29 bits per heavy atom. The molecule has 2 N–H and O–H groups in total. The molecule has 3 amide bonds. The molecule has 120 valence electrons. The van der Waals surface area contributed by atoms with Gasteiger partial charge in [0.2, 0.25) is 5.91 Å². The molecule has 7 nitrogen and oxygen atoms in total. The molecule has 0 aromatic heterocycles. The third kappa shape index (κ3) is 4.91. The van der Waals surface area contributed by atoms with Crippen LogP contribution in [0.3, 0.4) is 0 Å². The molecular weight excluding hydrogens is 274 g/mol. The fraction of sp³-hybridized carbons (Fsp3) is 0.786. The van der Waals surface area contributed by atoms with E-state index in [0.717, 1.165) is 0 Å². The van der Waals surface area contributed by atoms with Gasteiger partial charge >= 0.3 is 12.0 Å². The second kappa shape index (κ2) is 7.85. The van der Waals surface area contributed by atoms with Gasteiger partial charge in [-0.2, -0.15) is 0 Å². The summed E-state index contributed by atoms with van der Waals surface area (Å²) in [6, 6.07) is -0.448. The molecule has 1 saturated carbocycles. The summed E-state index contributed by atoms with van der Waals surface area (Å²) in [4.78, 5) is 37.8. The molecule has 0 heterocycles. The Morgan fingerprint density at radius 1 is 1.19 bits per heavy atom. The molecule has 1 rings (SSSR count). The Bertz CT molecular complexity index is 396. The number of aliphatic carboxylic acids is 1. The van der Waals surface area contributed by atoms with Crippen molar-refractivity contribution in [2.45, 2.75) is 39.2 Å². The number of carbonyl (C=O) groups is 3. The quantitative estimate of drug-likeness (QED) is 0.757. The topological polar surface area (TPSA) is 90.0 Å². The average Bonchev–Trinajstić information content (AvgIpc) is 2.88. The number of nitrogens with zero attached hydrogens (tertiary/aromatic N) is 2. The molecule has 0 spiro atoms. The van der Waals surface area contributed by atoms with E-state index in [1.165, 1.54) is 4.90 Å². The lowest BCUT2D eigenvalue weighted by atomic mass is 10.1. The van der Waals surface area contributed by atoms with Crippen molar-refractivity contribution in [2.75, 3.05) is 26.7 Å². The molecule has 0 unspecified atom stereocenters. The Balaban J connectivity index is 2.41. The predicted octanol–water partition coefficient (Wildman–Crippen LogP) is 0.750. The molecule has 0 aromatic carbocycles. The highest BCUT2D eigenvalue weighted by Gasteiger charge is 2.31. The van der Waals surface area contributed by atoms with Crippen LogP contribution in [0.1, 0.15) is 33.1 Å². The van der Waals surface area contributed by atoms with Gasteiger partial charge in [0.25, 0.3) is 0 Å². The minimum atomic E-state index is -0.809. The first-order valence-corrected chi connectivity index (χ1v) is 7.41. The minimum Gasteiger partial charge on any atom is -0.481 e. The summed E-state index contributed by atoms with van der Waals surface area (Å²) in [6.45, 7) is 5.06. The van der Waals surface area contributed by atoms with Crippen LogP contribution in [0.25, 0.3) is 0 Å². The summed E-state index contributed by atoms with van der Waals surface area (Å²) >= 11 is 0. The predicted molar refractivity (Wildman–Crippen MR) is 77.9 cm³/mol. The van der Waals surface area contributed by atoms with Gasteiger partial charge in [0.05, 0.1) is 5.92 Å². The summed E-state index contributed by atoms with van der Waals surface area (Å²) in [7, 11) is 1.57. The SMILES string of the molecule is CCN(CC)C(=O)CN(C)C(=O)N[C@H]1CC[C@@H](C(=O)O)C1. The van der Waals surface area contributed by atoms with Crippen LogP contribution in [-0.4, -0.2) is 65.5 Å². The lowest BCUT2D eigenvalue weighted by Gasteiger charge is -2.24. The number of hydrogen-bond acceptors (Lipinski definition) is 3. The van der Waals surface area contributed by atoms with Crippen LogP contribution < -0.4 is 5.32 Å². The zero-order valence-corrected chi connectivity index (χ0v) is 13.0. The highest BCUT2D eigenvalue weighted by atomic mass is 16.4. The van der Waals surface area contributed by atoms with E-state index in [2.05, 4.69) is 5.32 Å². The second-order valence-corrected chi connectivity index (χ2v) is 5.42. The monoisotopic (exact) mass is 299 g/mol. The van der Waals surface area contributed by atoms with Crippen LogP contribution in [0.2, 0.25) is 0 Å². The van der Waals surface area contributed by atoms with Crippen LogP contribution >= 0.6 is 0 Å². The lowest BCUT2D eigenvalue weighted by Crippen LogP contribution is -2.47. The van der Waals surface area contributed by atoms with E-state index in [0.29, 0.717) is 32.4 Å². The summed E-state index contributed by atoms with van der Waals surface area (Å²) < 4.78 is 0. The van der Waals surface area contributed by atoms with Crippen molar-refractivity contribution in [2.24, 2.45) is 5.92 Å². The molecule has 7 heteroatoms. The number of carboxylic acids is 1. The van der Waals surface area contributed by atoms with Crippen molar-refractivity contribution >= 4 is 17.9 Å². The van der Waals surface area contributed by atoms with E-state index < -0.39 is 5.97 Å². The molecule has 1 aliphatic carbocycles. The standard InChI is InChI=1S/C14H25N3O4/c1-4-17(5-2)12(18)9-16(3)14(21)15-11-7-6-10(8-11)13(19)20/h10-11H,4-9H2,1-3H3,(H,15,21)(H,19,20)/t10-,11+/m1/s1. The minimum absolute atomic E-state index is 0.0303. The van der Waals surface area contributed by atoms with Gasteiger partial charge in [-0.3, -0.25) is 9.59 Å². The van der Waals surface area contributed by atoms with E-state index in [4.69, 9.17) is 5.11 Å². The Morgan fingerprint density at radius 2 is 1.81 bits per heavy atom. The molecule has 21 heavy (non-hydrogen) atoms. The van der Waals surface area contributed by atoms with Crippen LogP contribution in [0, 0.1) is 5.92 Å². The van der Waals surface area contributed by atoms with Crippen LogP contribution in [0.5, 0.6) is 0 Å². The normalized spacial score (nSPS) is 20.9. The van der Waals surface area contributed by atoms with Gasteiger partial charge in [0, 0.05) is 26.2 Å². The molecule has 0 saturated heterocycles. The smallest absolute Gasteiger partial charge is 0.317 e. The number of amides is 3. The fourth-order valence-electron chi connectivity index (χ4n) is 2.57. The number of hydrogen-bond donors (Lipinski definition) is 2. The van der Waals surface area contributed by atoms with E-state index in [9.17, 15) is 14.4 Å². The molecule has 0 aromatic rings. The third-order valence-corrected chi connectivity index (χ3v) is 3.94. The average molecular weight is 299 g/mol. The summed E-state index contributed by atoms with van der Waals surface area (Å²) in [5.74, 6) is -1.28. The highest BCUT2D eigenvalue weighted by molar-refractivity contribution is 5.84. The molecule has 2 atom stereocenters. The van der Waals surface area contributed by atoms with Crippen molar-refractivity contribution in [3.63, 3.8) is 0 Å². The fourth-order valence-corrected chi connectivity index (χ4v) is 2.57. The molecule has 0 bridgehead atoms. The first-order chi connectivity index (χ1) is 9.88. The Kier molecular flexibility index (Phi) is 6.45. The maximum Gasteiger partial charge on any atom is 0.317 e. The van der Waals surface area contributed by atoms with Gasteiger partial charge in [-0.05, 0) is 33.1 Å². The van der Waals surface area contributed by atoms with E-state index in [1.807, 2.05) is 13.8 Å². The lowest BCUT2D eigenvalue weighted by molar-refractivity contribution is -0.141. The van der Waals surface area contributed by atoms with Gasteiger partial charge in [0.1, 0.15) is 6.54 Å². The molecular formula is C14H25N3O4. The van der Waals surface area contributed by atoms with E-state index in [1.54, 1.807) is 11.9 Å². The van der Waals surface area contributed by atoms with Crippen molar-refractivity contribution < 1.29 is 19.5 Å². The largest absolute Gasteiger partial charge is 0.481 e. The van der Waals surface area contributed by atoms with Gasteiger partial charge in [-0.1, -0.05) is 0 Å². The van der Waals surface area contributed by atoms with Gasteiger partial charge in [0.15, 0.2) is 0 Å². The van der Waals surface area contributed by atoms with Crippen molar-refractivity contribution in [3.05, 3.63) is 0 Å². The van der Waals surface area contributed by atoms with Gasteiger partial charge < -0.3 is 20.2 Å². The van der Waals surface area contributed by atoms with Crippen LogP contribution in [0.15, 0.2) is 0 Å². The zero-order valence-electron chi connectivity index (χ0n) is 13.0. The second-order valence-electron chi connectivity index (χ2n) is 5.42. The summed E-state index contributed by atoms with van der Waals surface area (Å²) in [5, 5.41) is 11.7. The first-order valence-electron chi connectivity index (χ1n) is 7.41. The Hall–Kier alpha value is -1.79. The zero-order chi connectivity index (χ0) is 16.0. The van der Waals surface area contributed by atoms with Crippen molar-refractivity contribution in [1.29, 1.82) is 0 Å². The number of carbonyl (C=O) groups excluding carboxylic acids is 2. The maximum absolute atomic E-state index is 12.0. The van der Waals surface area contributed by atoms with E-state index >= 15 is 0 Å². The Labute approximate surface area is 125 Å². The van der Waals surface area contributed by atoms with Gasteiger partial charge in [-0.25, -0.2) is 4.79 Å². The molecule has 0 radical (unpaired) electrons. The highest BCUT2D eigenvalue weighted by Crippen LogP contribution is 2.25. The molecule has 1 aliphatic rings. The van der Waals surface area contributed by atoms with Gasteiger partial charge in [-0.15, -0.1) is 0 Å². The number of rotatable bonds is 6. The number of nitrogens with one attached hydrogen (secondary N) is 1. The van der Waals surface area contributed by atoms with Crippen molar-refractivity contribution in [3.8, 4) is 0 Å². The van der Waals surface area contributed by atoms with Crippen LogP contribution in [-0.2, 0) is 9.59 Å². The maximum atomic E-state index is 12.0. The van der Waals surface area contributed by atoms with Crippen LogP contribution in [0.4, 0.5) is 4.79 Å². The number of carboxylic acid groups (broad SMARTS) is 1. The molecule has 1 fully saturated rings. The third-order valence-electron chi connectivity index (χ3n) is 3.94. The van der Waals surface area contributed by atoms with E-state index in [-0.39, 0.29) is 30.4 Å². The molecule has 0 aliphatic heterocycles. The number of urea groups is 1. The first kappa shape index (κ1) is 17.3. The summed E-state index contributed by atoms with van der Waals surface area (Å²) in [5.41, 5.74) is 0. The summed E-state index contributed by atoms with van der Waals surface area (Å²) in [6.07, 6.45) is 1.71. The number of likely N-dealkylation sites (N-methyl/N-ethyl adjacent to an activating group) is 2.